The molecule has 0 saturated carbocycles. The monoisotopic (exact) mass is 311 g/mol. The topological polar surface area (TPSA) is 57.6 Å². The van der Waals surface area contributed by atoms with Crippen molar-refractivity contribution in [3.63, 3.8) is 0 Å². The summed E-state index contributed by atoms with van der Waals surface area (Å²) in [5.41, 5.74) is 0.668. The Morgan fingerprint density at radius 2 is 2.10 bits per heavy atom. The first-order valence-corrected chi connectivity index (χ1v) is 9.20. The van der Waals surface area contributed by atoms with E-state index in [0.717, 1.165) is 25.7 Å². The fourth-order valence-electron chi connectivity index (χ4n) is 2.86. The highest BCUT2D eigenvalue weighted by Gasteiger charge is 2.30. The van der Waals surface area contributed by atoms with Crippen molar-refractivity contribution < 1.29 is 13.5 Å². The first-order valence-electron chi connectivity index (χ1n) is 7.76. The zero-order chi connectivity index (χ0) is 15.5. The predicted octanol–water partition coefficient (Wildman–Crippen LogP) is 3.08. The summed E-state index contributed by atoms with van der Waals surface area (Å²) in [5.74, 6) is 0. The van der Waals surface area contributed by atoms with Crippen molar-refractivity contribution in [1.82, 2.24) is 4.31 Å². The predicted molar refractivity (Wildman–Crippen MR) is 83.5 cm³/mol. The number of benzene rings is 1. The van der Waals surface area contributed by atoms with E-state index in [9.17, 15) is 13.5 Å². The molecule has 1 heterocycles. The van der Waals surface area contributed by atoms with Crippen molar-refractivity contribution in [2.24, 2.45) is 0 Å². The summed E-state index contributed by atoms with van der Waals surface area (Å²) >= 11 is 0. The summed E-state index contributed by atoms with van der Waals surface area (Å²) < 4.78 is 27.3. The van der Waals surface area contributed by atoms with E-state index in [1.54, 1.807) is 28.6 Å². The second-order valence-corrected chi connectivity index (χ2v) is 7.70. The fraction of sp³-hybridized carbons (Fsp3) is 0.625. The quantitative estimate of drug-likeness (QED) is 0.929. The summed E-state index contributed by atoms with van der Waals surface area (Å²) in [6.07, 6.45) is 3.97. The van der Waals surface area contributed by atoms with E-state index in [1.165, 1.54) is 0 Å². The van der Waals surface area contributed by atoms with Crippen molar-refractivity contribution >= 4 is 10.0 Å². The molecule has 1 aromatic rings. The zero-order valence-electron chi connectivity index (χ0n) is 12.8. The van der Waals surface area contributed by atoms with Gasteiger partial charge in [-0.15, -0.1) is 0 Å². The van der Waals surface area contributed by atoms with Gasteiger partial charge in [-0.2, -0.15) is 4.31 Å². The third-order valence-corrected chi connectivity index (χ3v) is 6.24. The number of hydrogen-bond donors (Lipinski definition) is 1. The average Bonchev–Trinajstić information content (AvgIpc) is 2.71. The Kier molecular flexibility index (Phi) is 5.41. The molecule has 0 bridgehead atoms. The summed E-state index contributed by atoms with van der Waals surface area (Å²) in [5, 5.41) is 9.92. The molecule has 21 heavy (non-hydrogen) atoms. The molecule has 0 aliphatic carbocycles. The van der Waals surface area contributed by atoms with Gasteiger partial charge in [-0.3, -0.25) is 0 Å². The molecule has 1 N–H and O–H groups in total. The van der Waals surface area contributed by atoms with Crippen LogP contribution in [0, 0.1) is 0 Å². The Bertz CT molecular complexity index is 571. The van der Waals surface area contributed by atoms with Crippen LogP contribution in [0.25, 0.3) is 0 Å². The Labute approximate surface area is 127 Å². The lowest BCUT2D eigenvalue weighted by Crippen LogP contribution is -2.38. The van der Waals surface area contributed by atoms with Crippen LogP contribution in [0.15, 0.2) is 29.2 Å². The summed E-state index contributed by atoms with van der Waals surface area (Å²) in [4.78, 5) is 0.293. The lowest BCUT2D eigenvalue weighted by molar-refractivity contribution is 0.173. The van der Waals surface area contributed by atoms with Gasteiger partial charge in [0.05, 0.1) is 11.0 Å². The highest BCUT2D eigenvalue weighted by molar-refractivity contribution is 7.89. The van der Waals surface area contributed by atoms with Gasteiger partial charge in [-0.1, -0.05) is 31.9 Å². The molecule has 0 aromatic heterocycles. The largest absolute Gasteiger partial charge is 0.388 e. The van der Waals surface area contributed by atoms with Gasteiger partial charge in [-0.25, -0.2) is 8.42 Å². The standard InChI is InChI=1S/C16H25NO3S/c1-3-16(18)14-9-7-10-15(12-14)21(19,20)17-11-6-4-5-8-13(17)2/h7,9-10,12-13,16,18H,3-6,8,11H2,1-2H3. The lowest BCUT2D eigenvalue weighted by Gasteiger charge is -2.26. The van der Waals surface area contributed by atoms with Crippen molar-refractivity contribution in [3.05, 3.63) is 29.8 Å². The second-order valence-electron chi connectivity index (χ2n) is 5.81. The van der Waals surface area contributed by atoms with Gasteiger partial charge in [0.1, 0.15) is 0 Å². The number of rotatable bonds is 4. The smallest absolute Gasteiger partial charge is 0.243 e. The van der Waals surface area contributed by atoms with E-state index < -0.39 is 16.1 Å². The van der Waals surface area contributed by atoms with Crippen LogP contribution in [0.3, 0.4) is 0 Å². The van der Waals surface area contributed by atoms with Gasteiger partial charge in [0.25, 0.3) is 0 Å². The molecule has 118 valence electrons. The van der Waals surface area contributed by atoms with Gasteiger partial charge >= 0.3 is 0 Å². The molecule has 4 nitrogen and oxygen atoms in total. The van der Waals surface area contributed by atoms with Gasteiger partial charge in [0.2, 0.25) is 10.0 Å². The minimum Gasteiger partial charge on any atom is -0.388 e. The summed E-state index contributed by atoms with van der Waals surface area (Å²) in [6.45, 7) is 4.44. The molecular weight excluding hydrogens is 286 g/mol. The average molecular weight is 311 g/mol. The molecular formula is C16H25NO3S. The first-order chi connectivity index (χ1) is 9.96. The Balaban J connectivity index is 2.34. The maximum Gasteiger partial charge on any atom is 0.243 e. The molecule has 0 radical (unpaired) electrons. The van der Waals surface area contributed by atoms with Gasteiger partial charge in [0, 0.05) is 12.6 Å². The van der Waals surface area contributed by atoms with Crippen molar-refractivity contribution in [2.45, 2.75) is 63.0 Å². The summed E-state index contributed by atoms with van der Waals surface area (Å²) in [6, 6.07) is 6.76. The molecule has 1 saturated heterocycles. The maximum atomic E-state index is 12.9. The van der Waals surface area contributed by atoms with Crippen LogP contribution in [-0.4, -0.2) is 30.4 Å². The van der Waals surface area contributed by atoms with Crippen LogP contribution in [-0.2, 0) is 10.0 Å². The first kappa shape index (κ1) is 16.5. The number of aliphatic hydroxyl groups is 1. The van der Waals surface area contributed by atoms with E-state index >= 15 is 0 Å². The minimum atomic E-state index is -3.48. The van der Waals surface area contributed by atoms with Crippen LogP contribution in [0.1, 0.15) is 57.6 Å². The molecule has 5 heteroatoms. The van der Waals surface area contributed by atoms with E-state index in [1.807, 2.05) is 13.8 Å². The van der Waals surface area contributed by atoms with Crippen LogP contribution in [0.4, 0.5) is 0 Å². The summed E-state index contributed by atoms with van der Waals surface area (Å²) in [7, 11) is -3.48. The molecule has 1 aromatic carbocycles. The van der Waals surface area contributed by atoms with Crippen LogP contribution < -0.4 is 0 Å². The van der Waals surface area contributed by atoms with Crippen LogP contribution in [0.2, 0.25) is 0 Å². The van der Waals surface area contributed by atoms with Crippen molar-refractivity contribution in [2.75, 3.05) is 6.54 Å². The van der Waals surface area contributed by atoms with Gasteiger partial charge < -0.3 is 5.11 Å². The molecule has 1 aliphatic rings. The van der Waals surface area contributed by atoms with Crippen molar-refractivity contribution in [1.29, 1.82) is 0 Å². The molecule has 2 atom stereocenters. The lowest BCUT2D eigenvalue weighted by atomic mass is 10.1. The molecule has 2 unspecified atom stereocenters. The molecule has 0 amide bonds. The molecule has 0 spiro atoms. The molecule has 1 fully saturated rings. The second kappa shape index (κ2) is 6.90. The maximum absolute atomic E-state index is 12.9. The number of sulfonamides is 1. The Morgan fingerprint density at radius 1 is 1.33 bits per heavy atom. The van der Waals surface area contributed by atoms with E-state index in [-0.39, 0.29) is 6.04 Å². The van der Waals surface area contributed by atoms with Crippen LogP contribution >= 0.6 is 0 Å². The zero-order valence-corrected chi connectivity index (χ0v) is 13.6. The minimum absolute atomic E-state index is 0.0391. The fourth-order valence-corrected chi connectivity index (χ4v) is 4.61. The Morgan fingerprint density at radius 3 is 2.81 bits per heavy atom. The SMILES string of the molecule is CCC(O)c1cccc(S(=O)(=O)N2CCCCCC2C)c1. The van der Waals surface area contributed by atoms with E-state index in [2.05, 4.69) is 0 Å². The normalized spacial score (nSPS) is 22.7. The number of aliphatic hydroxyl groups excluding tert-OH is 1. The van der Waals surface area contributed by atoms with E-state index in [0.29, 0.717) is 23.4 Å². The third-order valence-electron chi connectivity index (χ3n) is 4.23. The molecule has 1 aliphatic heterocycles. The van der Waals surface area contributed by atoms with Gasteiger partial charge in [0.15, 0.2) is 0 Å². The number of nitrogens with zero attached hydrogens (tertiary/aromatic N) is 1. The highest BCUT2D eigenvalue weighted by atomic mass is 32.2. The van der Waals surface area contributed by atoms with Crippen molar-refractivity contribution in [3.8, 4) is 0 Å². The third kappa shape index (κ3) is 3.65. The molecule has 2 rings (SSSR count). The van der Waals surface area contributed by atoms with E-state index in [4.69, 9.17) is 0 Å². The van der Waals surface area contributed by atoms with Crippen LogP contribution in [0.5, 0.6) is 0 Å². The highest BCUT2D eigenvalue weighted by Crippen LogP contribution is 2.26. The Hall–Kier alpha value is -0.910. The van der Waals surface area contributed by atoms with Gasteiger partial charge in [-0.05, 0) is 43.9 Å². The number of hydrogen-bond acceptors (Lipinski definition) is 3.